The van der Waals surface area contributed by atoms with Gasteiger partial charge in [-0.25, -0.2) is 0 Å². The molecule has 7 nitrogen and oxygen atoms in total. The van der Waals surface area contributed by atoms with Gasteiger partial charge in [-0.1, -0.05) is 0 Å². The number of guanidine groups is 1. The van der Waals surface area contributed by atoms with Crippen molar-refractivity contribution in [3.05, 3.63) is 18.2 Å². The van der Waals surface area contributed by atoms with Gasteiger partial charge in [0.05, 0.1) is 13.2 Å². The fourth-order valence-electron chi connectivity index (χ4n) is 2.09. The molecule has 0 saturated heterocycles. The SMILES string of the molecule is CN=C(NCC(=O)OC(C)(C)C)Nc1ccc2c(c1)OCCCO2. The summed E-state index contributed by atoms with van der Waals surface area (Å²) in [6.45, 7) is 6.80. The van der Waals surface area contributed by atoms with Crippen LogP contribution < -0.4 is 20.1 Å². The van der Waals surface area contributed by atoms with Crippen LogP contribution in [0.5, 0.6) is 11.5 Å². The van der Waals surface area contributed by atoms with Crippen molar-refractivity contribution in [3.8, 4) is 11.5 Å². The third-order valence-corrected chi connectivity index (χ3v) is 3.05. The number of carbonyl (C=O) groups excluding carboxylic acids is 1. The Balaban J connectivity index is 1.93. The maximum absolute atomic E-state index is 11.8. The van der Waals surface area contributed by atoms with E-state index in [1.54, 1.807) is 7.05 Å². The molecule has 0 atom stereocenters. The summed E-state index contributed by atoms with van der Waals surface area (Å²) in [5, 5.41) is 6.04. The highest BCUT2D eigenvalue weighted by Gasteiger charge is 2.16. The Hall–Kier alpha value is -2.44. The molecule has 0 unspecified atom stereocenters. The Morgan fingerprint density at radius 1 is 1.25 bits per heavy atom. The van der Waals surface area contributed by atoms with Crippen molar-refractivity contribution in [3.63, 3.8) is 0 Å². The van der Waals surface area contributed by atoms with Gasteiger partial charge in [-0.2, -0.15) is 0 Å². The second kappa shape index (κ2) is 7.90. The maximum atomic E-state index is 11.8. The summed E-state index contributed by atoms with van der Waals surface area (Å²) >= 11 is 0. The summed E-state index contributed by atoms with van der Waals surface area (Å²) < 4.78 is 16.5. The van der Waals surface area contributed by atoms with Gasteiger partial charge in [-0.05, 0) is 32.9 Å². The molecule has 1 heterocycles. The van der Waals surface area contributed by atoms with Crippen LogP contribution in [-0.2, 0) is 9.53 Å². The first-order chi connectivity index (χ1) is 11.4. The molecule has 7 heteroatoms. The molecule has 0 saturated carbocycles. The largest absolute Gasteiger partial charge is 0.490 e. The number of fused-ring (bicyclic) bond motifs is 1. The first kappa shape index (κ1) is 17.9. The lowest BCUT2D eigenvalue weighted by atomic mass is 10.2. The van der Waals surface area contributed by atoms with Crippen LogP contribution in [0.4, 0.5) is 5.69 Å². The van der Waals surface area contributed by atoms with E-state index < -0.39 is 5.60 Å². The molecular weight excluding hydrogens is 310 g/mol. The van der Waals surface area contributed by atoms with Gasteiger partial charge in [0.25, 0.3) is 0 Å². The molecular formula is C17H25N3O4. The molecule has 0 aliphatic carbocycles. The number of anilines is 1. The minimum atomic E-state index is -0.510. The molecule has 2 rings (SSSR count). The van der Waals surface area contributed by atoms with Crippen molar-refractivity contribution < 1.29 is 19.0 Å². The number of benzene rings is 1. The summed E-state index contributed by atoms with van der Waals surface area (Å²) in [5.74, 6) is 1.55. The van der Waals surface area contributed by atoms with Crippen LogP contribution in [0, 0.1) is 0 Å². The summed E-state index contributed by atoms with van der Waals surface area (Å²) in [7, 11) is 1.63. The van der Waals surface area contributed by atoms with Gasteiger partial charge in [0.2, 0.25) is 0 Å². The van der Waals surface area contributed by atoms with Crippen LogP contribution in [0.15, 0.2) is 23.2 Å². The van der Waals surface area contributed by atoms with Crippen LogP contribution in [-0.4, -0.2) is 44.3 Å². The molecule has 0 amide bonds. The first-order valence-corrected chi connectivity index (χ1v) is 7.96. The zero-order valence-electron chi connectivity index (χ0n) is 14.6. The number of carbonyl (C=O) groups is 1. The minimum absolute atomic E-state index is 0.0293. The van der Waals surface area contributed by atoms with E-state index in [4.69, 9.17) is 14.2 Å². The lowest BCUT2D eigenvalue weighted by Crippen LogP contribution is -2.37. The van der Waals surface area contributed by atoms with E-state index in [9.17, 15) is 4.79 Å². The van der Waals surface area contributed by atoms with Gasteiger partial charge in [0, 0.05) is 25.2 Å². The quantitative estimate of drug-likeness (QED) is 0.501. The molecule has 1 aliphatic rings. The minimum Gasteiger partial charge on any atom is -0.490 e. The highest BCUT2D eigenvalue weighted by Crippen LogP contribution is 2.32. The lowest BCUT2D eigenvalue weighted by molar-refractivity contribution is -0.153. The Morgan fingerprint density at radius 2 is 1.96 bits per heavy atom. The standard InChI is InChI=1S/C17H25N3O4/c1-17(2,3)24-15(21)11-19-16(18-4)20-12-6-7-13-14(10-12)23-9-5-8-22-13/h6-7,10H,5,8-9,11H2,1-4H3,(H2,18,19,20). The molecule has 132 valence electrons. The zero-order chi connectivity index (χ0) is 17.6. The van der Waals surface area contributed by atoms with E-state index in [0.717, 1.165) is 17.9 Å². The average Bonchev–Trinajstić information content (AvgIpc) is 2.74. The van der Waals surface area contributed by atoms with Crippen LogP contribution >= 0.6 is 0 Å². The first-order valence-electron chi connectivity index (χ1n) is 7.96. The summed E-state index contributed by atoms with van der Waals surface area (Å²) in [6, 6.07) is 5.57. The fourth-order valence-corrected chi connectivity index (χ4v) is 2.09. The van der Waals surface area contributed by atoms with Crippen molar-refractivity contribution in [2.75, 3.05) is 32.1 Å². The van der Waals surface area contributed by atoms with Gasteiger partial charge in [0.15, 0.2) is 17.5 Å². The number of nitrogens with zero attached hydrogens (tertiary/aromatic N) is 1. The predicted molar refractivity (Wildman–Crippen MR) is 92.9 cm³/mol. The van der Waals surface area contributed by atoms with Crippen LogP contribution in [0.25, 0.3) is 0 Å². The average molecular weight is 335 g/mol. The molecule has 1 aromatic rings. The Bertz CT molecular complexity index is 608. The second-order valence-electron chi connectivity index (χ2n) is 6.35. The van der Waals surface area contributed by atoms with E-state index in [0.29, 0.717) is 24.9 Å². The molecule has 0 radical (unpaired) electrons. The smallest absolute Gasteiger partial charge is 0.325 e. The molecule has 2 N–H and O–H groups in total. The highest BCUT2D eigenvalue weighted by atomic mass is 16.6. The van der Waals surface area contributed by atoms with Gasteiger partial charge >= 0.3 is 5.97 Å². The molecule has 0 bridgehead atoms. The summed E-state index contributed by atoms with van der Waals surface area (Å²) in [5.41, 5.74) is 0.279. The third-order valence-electron chi connectivity index (χ3n) is 3.05. The number of aliphatic imine (C=N–C) groups is 1. The number of nitrogens with one attached hydrogen (secondary N) is 2. The topological polar surface area (TPSA) is 81.2 Å². The Kier molecular flexibility index (Phi) is 5.89. The molecule has 24 heavy (non-hydrogen) atoms. The van der Waals surface area contributed by atoms with Crippen molar-refractivity contribution in [2.45, 2.75) is 32.8 Å². The highest BCUT2D eigenvalue weighted by molar-refractivity contribution is 5.95. The van der Waals surface area contributed by atoms with Crippen LogP contribution in [0.3, 0.4) is 0 Å². The van der Waals surface area contributed by atoms with Crippen molar-refractivity contribution in [1.29, 1.82) is 0 Å². The van der Waals surface area contributed by atoms with E-state index >= 15 is 0 Å². The van der Waals surface area contributed by atoms with E-state index in [2.05, 4.69) is 15.6 Å². The van der Waals surface area contributed by atoms with Gasteiger partial charge in [0.1, 0.15) is 12.1 Å². The van der Waals surface area contributed by atoms with Crippen LogP contribution in [0.2, 0.25) is 0 Å². The monoisotopic (exact) mass is 335 g/mol. The number of ether oxygens (including phenoxy) is 3. The lowest BCUT2D eigenvalue weighted by Gasteiger charge is -2.20. The van der Waals surface area contributed by atoms with Gasteiger partial charge in [-0.15, -0.1) is 0 Å². The van der Waals surface area contributed by atoms with Gasteiger partial charge in [-0.3, -0.25) is 9.79 Å². The molecule has 1 aliphatic heterocycles. The number of rotatable bonds is 3. The fraction of sp³-hybridized carbons (Fsp3) is 0.529. The van der Waals surface area contributed by atoms with Crippen molar-refractivity contribution in [2.24, 2.45) is 4.99 Å². The Morgan fingerprint density at radius 3 is 2.62 bits per heavy atom. The molecule has 1 aromatic carbocycles. The maximum Gasteiger partial charge on any atom is 0.325 e. The number of esters is 1. The van der Waals surface area contributed by atoms with E-state index in [1.165, 1.54) is 0 Å². The normalized spacial score (nSPS) is 14.6. The third kappa shape index (κ3) is 5.64. The molecule has 0 fully saturated rings. The van der Waals surface area contributed by atoms with E-state index in [-0.39, 0.29) is 12.5 Å². The molecule has 0 spiro atoms. The zero-order valence-corrected chi connectivity index (χ0v) is 14.6. The summed E-state index contributed by atoms with van der Waals surface area (Å²) in [6.07, 6.45) is 0.858. The predicted octanol–water partition coefficient (Wildman–Crippen LogP) is 2.18. The molecule has 0 aromatic heterocycles. The van der Waals surface area contributed by atoms with Crippen molar-refractivity contribution in [1.82, 2.24) is 5.32 Å². The van der Waals surface area contributed by atoms with Crippen LogP contribution in [0.1, 0.15) is 27.2 Å². The summed E-state index contributed by atoms with van der Waals surface area (Å²) in [4.78, 5) is 15.9. The number of hydrogen-bond acceptors (Lipinski definition) is 5. The second-order valence-corrected chi connectivity index (χ2v) is 6.35. The number of hydrogen-bond donors (Lipinski definition) is 2. The van der Waals surface area contributed by atoms with E-state index in [1.807, 2.05) is 39.0 Å². The Labute approximate surface area is 142 Å². The van der Waals surface area contributed by atoms with Gasteiger partial charge < -0.3 is 24.8 Å². The van der Waals surface area contributed by atoms with Crippen molar-refractivity contribution >= 4 is 17.6 Å².